The topological polar surface area (TPSA) is 170 Å². The molecule has 2 aromatic rings. The zero-order valence-electron chi connectivity index (χ0n) is 13.9. The fourth-order valence-corrected chi connectivity index (χ4v) is 2.82. The van der Waals surface area contributed by atoms with Crippen molar-refractivity contribution in [3.63, 3.8) is 0 Å². The van der Waals surface area contributed by atoms with Crippen LogP contribution in [-0.4, -0.2) is 68.7 Å². The number of hydrogen-bond acceptors (Lipinski definition) is 9. The first kappa shape index (κ1) is 20.1. The number of nitrogens with one attached hydrogen (secondary N) is 1. The van der Waals surface area contributed by atoms with E-state index in [0.717, 1.165) is 6.07 Å². The van der Waals surface area contributed by atoms with Crippen molar-refractivity contribution in [3.05, 3.63) is 39.8 Å². The van der Waals surface area contributed by atoms with Crippen molar-refractivity contribution < 1.29 is 48.3 Å². The van der Waals surface area contributed by atoms with Crippen LogP contribution < -0.4 is 10.9 Å². The van der Waals surface area contributed by atoms with E-state index in [1.54, 1.807) is 0 Å². The summed E-state index contributed by atoms with van der Waals surface area (Å²) in [6, 6.07) is -0.165. The Hall–Kier alpha value is -2.64. The Morgan fingerprint density at radius 1 is 1.18 bits per heavy atom. The number of fused-ring (bicyclic) bond motifs is 1. The summed E-state index contributed by atoms with van der Waals surface area (Å²) in [5.41, 5.74) is -2.85. The lowest BCUT2D eigenvalue weighted by Crippen LogP contribution is -2.64. The molecule has 1 aliphatic rings. The third-order valence-corrected chi connectivity index (χ3v) is 4.33. The van der Waals surface area contributed by atoms with E-state index < -0.39 is 77.3 Å². The molecule has 0 radical (unpaired) electrons. The van der Waals surface area contributed by atoms with E-state index in [2.05, 4.69) is 9.73 Å². The first-order chi connectivity index (χ1) is 13.1. The van der Waals surface area contributed by atoms with Crippen LogP contribution in [0.3, 0.4) is 0 Å². The number of aromatic hydroxyl groups is 1. The molecule has 1 amide bonds. The molecule has 3 rings (SSSR count). The third-order valence-electron chi connectivity index (χ3n) is 4.33. The number of phenols is 1. The molecule has 0 spiro atoms. The molecule has 1 fully saturated rings. The van der Waals surface area contributed by atoms with Gasteiger partial charge in [0.1, 0.15) is 29.9 Å². The van der Waals surface area contributed by atoms with Gasteiger partial charge in [0.05, 0.1) is 6.61 Å². The van der Waals surface area contributed by atoms with Crippen LogP contribution in [0, 0.1) is 11.6 Å². The summed E-state index contributed by atoms with van der Waals surface area (Å²) in [5.74, 6) is -5.43. The van der Waals surface area contributed by atoms with Crippen molar-refractivity contribution >= 4 is 16.9 Å². The molecule has 2 heterocycles. The Bertz CT molecular complexity index is 979. The zero-order valence-corrected chi connectivity index (χ0v) is 13.9. The Kier molecular flexibility index (Phi) is 5.32. The molecular weight excluding hydrogens is 388 g/mol. The van der Waals surface area contributed by atoms with Gasteiger partial charge in [-0.1, -0.05) is 0 Å². The first-order valence-corrected chi connectivity index (χ1v) is 7.92. The number of amides is 1. The van der Waals surface area contributed by atoms with E-state index in [1.165, 1.54) is 0 Å². The number of carbonyl (C=O) groups is 1. The highest BCUT2D eigenvalue weighted by molar-refractivity contribution is 5.97. The van der Waals surface area contributed by atoms with Crippen LogP contribution in [0.5, 0.6) is 5.75 Å². The summed E-state index contributed by atoms with van der Waals surface area (Å²) in [7, 11) is 0. The minimum Gasteiger partial charge on any atom is -0.503 e. The second kappa shape index (κ2) is 7.41. The molecule has 4 unspecified atom stereocenters. The standard InChI is InChI=1S/C16H15F2NO9/c17-6-2-4-1-5(15(25)28-13(4)8(18)10(6)21)14(24)19-9-12(23)11(22)7(3-20)27-16(9)26/h1-2,7,9,11-12,16,20-23,26H,3H2,(H,19,24)/t7?,9?,11-,12?,16?/m1/s1. The van der Waals surface area contributed by atoms with Crippen LogP contribution in [-0.2, 0) is 4.74 Å². The molecular formula is C16H15F2NO9. The SMILES string of the molecule is O=C(NC1C(O)OC(CO)[C@@H](O)C1O)c1cc2cc(F)c(O)c(F)c2oc1=O. The molecule has 1 aromatic carbocycles. The fraction of sp³-hybridized carbons (Fsp3) is 0.375. The highest BCUT2D eigenvalue weighted by Gasteiger charge is 2.44. The summed E-state index contributed by atoms with van der Waals surface area (Å²) >= 11 is 0. The summed E-state index contributed by atoms with van der Waals surface area (Å²) in [6.07, 6.45) is -6.55. The molecule has 0 saturated carbocycles. The number of rotatable bonds is 3. The average Bonchev–Trinajstić information content (AvgIpc) is 2.66. The molecule has 152 valence electrons. The van der Waals surface area contributed by atoms with Crippen molar-refractivity contribution in [1.29, 1.82) is 0 Å². The largest absolute Gasteiger partial charge is 0.503 e. The minimum atomic E-state index is -1.83. The van der Waals surface area contributed by atoms with Crippen molar-refractivity contribution in [2.75, 3.05) is 6.61 Å². The van der Waals surface area contributed by atoms with Crippen molar-refractivity contribution in [2.45, 2.75) is 30.6 Å². The normalized spacial score (nSPS) is 27.7. The first-order valence-electron chi connectivity index (χ1n) is 7.92. The number of carbonyl (C=O) groups excluding carboxylic acids is 1. The van der Waals surface area contributed by atoms with E-state index in [-0.39, 0.29) is 5.39 Å². The van der Waals surface area contributed by atoms with Crippen molar-refractivity contribution in [2.24, 2.45) is 0 Å². The van der Waals surface area contributed by atoms with Gasteiger partial charge in [-0.2, -0.15) is 4.39 Å². The molecule has 28 heavy (non-hydrogen) atoms. The van der Waals surface area contributed by atoms with Crippen molar-refractivity contribution in [3.8, 4) is 5.75 Å². The lowest BCUT2D eigenvalue weighted by molar-refractivity contribution is -0.252. The molecule has 10 nitrogen and oxygen atoms in total. The Morgan fingerprint density at radius 2 is 1.86 bits per heavy atom. The van der Waals surface area contributed by atoms with Crippen LogP contribution in [0.1, 0.15) is 10.4 Å². The van der Waals surface area contributed by atoms with Gasteiger partial charge in [-0.05, 0) is 12.1 Å². The molecule has 0 aliphatic carbocycles. The third kappa shape index (κ3) is 3.31. The molecule has 1 saturated heterocycles. The summed E-state index contributed by atoms with van der Waals surface area (Å²) in [6.45, 7) is -0.714. The van der Waals surface area contributed by atoms with Crippen LogP contribution in [0.25, 0.3) is 11.0 Å². The van der Waals surface area contributed by atoms with Gasteiger partial charge in [-0.15, -0.1) is 0 Å². The number of aliphatic hydroxyl groups is 4. The molecule has 1 aliphatic heterocycles. The molecule has 5 atom stereocenters. The highest BCUT2D eigenvalue weighted by atomic mass is 19.1. The summed E-state index contributed by atoms with van der Waals surface area (Å²) < 4.78 is 36.8. The van der Waals surface area contributed by atoms with Crippen LogP contribution in [0.2, 0.25) is 0 Å². The predicted octanol–water partition coefficient (Wildman–Crippen LogP) is -1.69. The number of hydrogen-bond donors (Lipinski definition) is 6. The lowest BCUT2D eigenvalue weighted by Gasteiger charge is -2.40. The molecule has 6 N–H and O–H groups in total. The zero-order chi connectivity index (χ0) is 20.7. The summed E-state index contributed by atoms with van der Waals surface area (Å²) in [5, 5.41) is 49.6. The van der Waals surface area contributed by atoms with Gasteiger partial charge in [0.2, 0.25) is 5.82 Å². The Morgan fingerprint density at radius 3 is 2.50 bits per heavy atom. The average molecular weight is 403 g/mol. The Balaban J connectivity index is 1.92. The molecule has 1 aromatic heterocycles. The Labute approximate surface area is 154 Å². The summed E-state index contributed by atoms with van der Waals surface area (Å²) in [4.78, 5) is 24.3. The highest BCUT2D eigenvalue weighted by Crippen LogP contribution is 2.28. The fourth-order valence-electron chi connectivity index (χ4n) is 2.82. The van der Waals surface area contributed by atoms with Crippen LogP contribution in [0.4, 0.5) is 8.78 Å². The maximum Gasteiger partial charge on any atom is 0.349 e. The quantitative estimate of drug-likeness (QED) is 0.327. The minimum absolute atomic E-state index is 0.348. The van der Waals surface area contributed by atoms with Crippen LogP contribution in [0.15, 0.2) is 21.3 Å². The molecule has 12 heteroatoms. The van der Waals surface area contributed by atoms with Gasteiger partial charge >= 0.3 is 5.63 Å². The predicted molar refractivity (Wildman–Crippen MR) is 85.3 cm³/mol. The van der Waals surface area contributed by atoms with Gasteiger partial charge in [0, 0.05) is 5.39 Å². The second-order valence-electron chi connectivity index (χ2n) is 6.11. The van der Waals surface area contributed by atoms with E-state index in [1.807, 2.05) is 0 Å². The van der Waals surface area contributed by atoms with E-state index in [0.29, 0.717) is 6.07 Å². The smallest absolute Gasteiger partial charge is 0.349 e. The van der Waals surface area contributed by atoms with Gasteiger partial charge in [-0.3, -0.25) is 4.79 Å². The number of phenolic OH excluding ortho intramolecular Hbond substituents is 1. The number of aliphatic hydroxyl groups excluding tert-OH is 4. The van der Waals surface area contributed by atoms with E-state index >= 15 is 0 Å². The van der Waals surface area contributed by atoms with Gasteiger partial charge in [0.25, 0.3) is 5.91 Å². The maximum atomic E-state index is 13.8. The van der Waals surface area contributed by atoms with Gasteiger partial charge < -0.3 is 40.0 Å². The van der Waals surface area contributed by atoms with Crippen molar-refractivity contribution in [1.82, 2.24) is 5.32 Å². The monoisotopic (exact) mass is 403 g/mol. The second-order valence-corrected chi connectivity index (χ2v) is 6.11. The maximum absolute atomic E-state index is 13.8. The van der Waals surface area contributed by atoms with Crippen LogP contribution >= 0.6 is 0 Å². The van der Waals surface area contributed by atoms with Gasteiger partial charge in [0.15, 0.2) is 23.4 Å². The van der Waals surface area contributed by atoms with E-state index in [4.69, 9.17) is 9.84 Å². The molecule has 0 bridgehead atoms. The van der Waals surface area contributed by atoms with E-state index in [9.17, 15) is 38.8 Å². The lowest BCUT2D eigenvalue weighted by atomic mass is 9.97. The van der Waals surface area contributed by atoms with Gasteiger partial charge in [-0.25, -0.2) is 9.18 Å². The number of halogens is 2. The number of benzene rings is 1. The number of ether oxygens (including phenoxy) is 1.